The summed E-state index contributed by atoms with van der Waals surface area (Å²) in [6.45, 7) is 4.13. The van der Waals surface area contributed by atoms with Crippen molar-refractivity contribution in [2.24, 2.45) is 0 Å². The number of aryl methyl sites for hydroxylation is 2. The quantitative estimate of drug-likeness (QED) is 0.875. The second-order valence-corrected chi connectivity index (χ2v) is 7.52. The second-order valence-electron chi connectivity index (χ2n) is 4.47. The summed E-state index contributed by atoms with van der Waals surface area (Å²) in [5, 5.41) is 8.56. The molecular formula is C13H14N2O4S2. The minimum absolute atomic E-state index is 0.0570. The first kappa shape index (κ1) is 15.6. The largest absolute Gasteiger partial charge is 0.478 e. The molecule has 21 heavy (non-hydrogen) atoms. The molecule has 0 fully saturated rings. The molecule has 0 spiro atoms. The van der Waals surface area contributed by atoms with Crippen molar-refractivity contribution in [1.82, 2.24) is 9.71 Å². The molecule has 0 aliphatic heterocycles. The molecule has 0 saturated carbocycles. The molecule has 0 bridgehead atoms. The number of pyridine rings is 1. The van der Waals surface area contributed by atoms with Gasteiger partial charge in [0, 0.05) is 22.5 Å². The molecule has 6 nitrogen and oxygen atoms in total. The Labute approximate surface area is 126 Å². The van der Waals surface area contributed by atoms with E-state index in [2.05, 4.69) is 9.71 Å². The molecule has 0 aliphatic rings. The van der Waals surface area contributed by atoms with Crippen molar-refractivity contribution in [3.63, 3.8) is 0 Å². The molecular weight excluding hydrogens is 312 g/mol. The maximum Gasteiger partial charge on any atom is 0.337 e. The minimum atomic E-state index is -3.75. The summed E-state index contributed by atoms with van der Waals surface area (Å²) in [5.74, 6) is -1.15. The SMILES string of the molecule is Cc1cc(CNS(=O)(=O)c2ccc(C(=O)O)cn2)sc1C. The monoisotopic (exact) mass is 326 g/mol. The molecule has 0 radical (unpaired) electrons. The number of carboxylic acid groups (broad SMARTS) is 1. The molecule has 0 saturated heterocycles. The molecule has 0 aliphatic carbocycles. The third-order valence-electron chi connectivity index (χ3n) is 2.91. The molecule has 0 unspecified atom stereocenters. The Balaban J connectivity index is 2.12. The third kappa shape index (κ3) is 3.66. The van der Waals surface area contributed by atoms with Crippen molar-refractivity contribution >= 4 is 27.3 Å². The third-order valence-corrected chi connectivity index (χ3v) is 5.38. The van der Waals surface area contributed by atoms with Gasteiger partial charge in [-0.05, 0) is 37.6 Å². The van der Waals surface area contributed by atoms with Crippen molar-refractivity contribution in [1.29, 1.82) is 0 Å². The van der Waals surface area contributed by atoms with Gasteiger partial charge in [-0.1, -0.05) is 0 Å². The molecule has 112 valence electrons. The van der Waals surface area contributed by atoms with Crippen LogP contribution in [0.3, 0.4) is 0 Å². The molecule has 8 heteroatoms. The molecule has 2 rings (SSSR count). The highest BCUT2D eigenvalue weighted by molar-refractivity contribution is 7.89. The zero-order chi connectivity index (χ0) is 15.6. The summed E-state index contributed by atoms with van der Waals surface area (Å²) in [4.78, 5) is 16.4. The lowest BCUT2D eigenvalue weighted by Crippen LogP contribution is -2.23. The van der Waals surface area contributed by atoms with Crippen molar-refractivity contribution in [2.75, 3.05) is 0 Å². The van der Waals surface area contributed by atoms with Crippen LogP contribution >= 0.6 is 11.3 Å². The van der Waals surface area contributed by atoms with Gasteiger partial charge in [-0.25, -0.2) is 22.9 Å². The molecule has 2 aromatic rings. The highest BCUT2D eigenvalue weighted by atomic mass is 32.2. The van der Waals surface area contributed by atoms with Crippen LogP contribution in [0.1, 0.15) is 25.7 Å². The highest BCUT2D eigenvalue weighted by Crippen LogP contribution is 2.20. The number of thiophene rings is 1. The van der Waals surface area contributed by atoms with Gasteiger partial charge < -0.3 is 5.11 Å². The number of carbonyl (C=O) groups is 1. The predicted octanol–water partition coefficient (Wildman–Crippen LogP) is 1.94. The highest BCUT2D eigenvalue weighted by Gasteiger charge is 2.16. The number of hydrogen-bond acceptors (Lipinski definition) is 5. The summed E-state index contributed by atoms with van der Waals surface area (Å²) in [5.41, 5.74) is 1.07. The lowest BCUT2D eigenvalue weighted by molar-refractivity contribution is 0.0696. The van der Waals surface area contributed by atoms with Crippen molar-refractivity contribution < 1.29 is 18.3 Å². The minimum Gasteiger partial charge on any atom is -0.478 e. The zero-order valence-corrected chi connectivity index (χ0v) is 13.1. The first-order valence-corrected chi connectivity index (χ1v) is 8.34. The number of rotatable bonds is 5. The Bertz CT molecular complexity index is 744. The van der Waals surface area contributed by atoms with E-state index in [0.29, 0.717) is 0 Å². The zero-order valence-electron chi connectivity index (χ0n) is 11.5. The lowest BCUT2D eigenvalue weighted by atomic mass is 10.3. The van der Waals surface area contributed by atoms with Gasteiger partial charge in [-0.2, -0.15) is 0 Å². The van der Waals surface area contributed by atoms with Crippen LogP contribution in [-0.2, 0) is 16.6 Å². The van der Waals surface area contributed by atoms with Gasteiger partial charge in [-0.15, -0.1) is 11.3 Å². The number of aromatic carboxylic acids is 1. The van der Waals surface area contributed by atoms with Crippen LogP contribution in [0.5, 0.6) is 0 Å². The van der Waals surface area contributed by atoms with Crippen LogP contribution in [-0.4, -0.2) is 24.5 Å². The molecule has 2 heterocycles. The van der Waals surface area contributed by atoms with Crippen LogP contribution in [0.4, 0.5) is 0 Å². The van der Waals surface area contributed by atoms with E-state index in [-0.39, 0.29) is 17.1 Å². The molecule has 2 N–H and O–H groups in total. The number of hydrogen-bond donors (Lipinski definition) is 2. The fraction of sp³-hybridized carbons (Fsp3) is 0.231. The van der Waals surface area contributed by atoms with Crippen molar-refractivity contribution in [2.45, 2.75) is 25.4 Å². The number of nitrogens with one attached hydrogen (secondary N) is 1. The average Bonchev–Trinajstić information content (AvgIpc) is 2.76. The Morgan fingerprint density at radius 3 is 2.57 bits per heavy atom. The van der Waals surface area contributed by atoms with E-state index in [1.807, 2.05) is 19.9 Å². The van der Waals surface area contributed by atoms with Gasteiger partial charge in [0.05, 0.1) is 5.56 Å². The maximum absolute atomic E-state index is 12.1. The molecule has 2 aromatic heterocycles. The van der Waals surface area contributed by atoms with Crippen LogP contribution in [0.25, 0.3) is 0 Å². The second kappa shape index (κ2) is 5.92. The summed E-state index contributed by atoms with van der Waals surface area (Å²) in [6.07, 6.45) is 1.02. The number of carboxylic acids is 1. The Hall–Kier alpha value is -1.77. The van der Waals surface area contributed by atoms with E-state index >= 15 is 0 Å². The number of sulfonamides is 1. The van der Waals surface area contributed by atoms with Crippen molar-refractivity contribution in [3.05, 3.63) is 45.3 Å². The average molecular weight is 326 g/mol. The fourth-order valence-corrected chi connectivity index (χ4v) is 3.66. The van der Waals surface area contributed by atoms with Gasteiger partial charge in [0.25, 0.3) is 10.0 Å². The molecule has 0 amide bonds. The van der Waals surface area contributed by atoms with Gasteiger partial charge in [0.15, 0.2) is 5.03 Å². The maximum atomic E-state index is 12.1. The summed E-state index contributed by atoms with van der Waals surface area (Å²) in [7, 11) is -3.75. The van der Waals surface area contributed by atoms with E-state index in [1.165, 1.54) is 23.5 Å². The topological polar surface area (TPSA) is 96.4 Å². The first-order chi connectivity index (χ1) is 9.79. The van der Waals surface area contributed by atoms with Crippen molar-refractivity contribution in [3.8, 4) is 0 Å². The summed E-state index contributed by atoms with van der Waals surface area (Å²) >= 11 is 1.53. The van der Waals surface area contributed by atoms with Crippen LogP contribution < -0.4 is 4.72 Å². The van der Waals surface area contributed by atoms with E-state index < -0.39 is 16.0 Å². The van der Waals surface area contributed by atoms with Gasteiger partial charge in [0.2, 0.25) is 0 Å². The number of nitrogens with zero attached hydrogens (tertiary/aromatic N) is 1. The normalized spacial score (nSPS) is 11.5. The fourth-order valence-electron chi connectivity index (χ4n) is 1.64. The van der Waals surface area contributed by atoms with Gasteiger partial charge in [-0.3, -0.25) is 0 Å². The van der Waals surface area contributed by atoms with Crippen LogP contribution in [0.15, 0.2) is 29.4 Å². The molecule has 0 aromatic carbocycles. The lowest BCUT2D eigenvalue weighted by Gasteiger charge is -2.05. The molecule has 0 atom stereocenters. The van der Waals surface area contributed by atoms with E-state index in [4.69, 9.17) is 5.11 Å². The van der Waals surface area contributed by atoms with E-state index in [0.717, 1.165) is 21.5 Å². The smallest absolute Gasteiger partial charge is 0.337 e. The standard InChI is InChI=1S/C13H14N2O4S2/c1-8-5-11(20-9(8)2)7-15-21(18,19)12-4-3-10(6-14-12)13(16)17/h3-6,15H,7H2,1-2H3,(H,16,17). The number of aromatic nitrogens is 1. The summed E-state index contributed by atoms with van der Waals surface area (Å²) < 4.78 is 26.6. The predicted molar refractivity (Wildman–Crippen MR) is 79.0 cm³/mol. The van der Waals surface area contributed by atoms with Gasteiger partial charge in [0.1, 0.15) is 0 Å². The van der Waals surface area contributed by atoms with Gasteiger partial charge >= 0.3 is 5.97 Å². The Morgan fingerprint density at radius 1 is 1.38 bits per heavy atom. The van der Waals surface area contributed by atoms with Crippen LogP contribution in [0.2, 0.25) is 0 Å². The van der Waals surface area contributed by atoms with E-state index in [1.54, 1.807) is 0 Å². The van der Waals surface area contributed by atoms with Crippen LogP contribution in [0, 0.1) is 13.8 Å². The first-order valence-electron chi connectivity index (χ1n) is 6.04. The summed E-state index contributed by atoms with van der Waals surface area (Å²) in [6, 6.07) is 4.32. The Morgan fingerprint density at radius 2 is 2.10 bits per heavy atom. The Kier molecular flexibility index (Phi) is 4.40. The van der Waals surface area contributed by atoms with E-state index in [9.17, 15) is 13.2 Å².